The van der Waals surface area contributed by atoms with Gasteiger partial charge in [-0.05, 0) is 103 Å². The van der Waals surface area contributed by atoms with Crippen molar-refractivity contribution >= 4 is 66.4 Å². The summed E-state index contributed by atoms with van der Waals surface area (Å²) in [5.74, 6) is 1.63. The van der Waals surface area contributed by atoms with Crippen molar-refractivity contribution in [1.29, 1.82) is 0 Å². The van der Waals surface area contributed by atoms with Gasteiger partial charge in [0.25, 0.3) is 0 Å². The van der Waals surface area contributed by atoms with Crippen molar-refractivity contribution in [3.8, 4) is 43.9 Å². The first-order valence-corrected chi connectivity index (χ1v) is 26.0. The number of halogens is 1. The number of carbonyl (C=O) groups is 3. The fraction of sp³-hybridized carbons (Fsp3) is 0.396. The van der Waals surface area contributed by atoms with Gasteiger partial charge in [-0.1, -0.05) is 73.1 Å². The van der Waals surface area contributed by atoms with Crippen molar-refractivity contribution in [2.45, 2.75) is 65.6 Å². The number of fused-ring (bicyclic) bond motifs is 1. The molecule has 6 aromatic rings. The number of ether oxygens (including phenoxy) is 3. The molecule has 2 aromatic heterocycles. The average Bonchev–Trinajstić information content (AvgIpc) is 4.09. The Kier molecular flexibility index (Phi) is 16.4. The number of thiophene rings is 1. The number of likely N-dealkylation sites (tertiary alicyclic amines) is 1. The van der Waals surface area contributed by atoms with E-state index in [2.05, 4.69) is 53.5 Å². The molecule has 3 N–H and O–H groups in total. The minimum atomic E-state index is -0.820. The average molecular weight is 1040 g/mol. The van der Waals surface area contributed by atoms with Gasteiger partial charge in [-0.2, -0.15) is 0 Å². The smallest absolute Gasteiger partial charge is 0.246 e. The monoisotopic (exact) mass is 1040 g/mol. The van der Waals surface area contributed by atoms with Crippen molar-refractivity contribution in [2.24, 2.45) is 5.41 Å². The van der Waals surface area contributed by atoms with E-state index in [1.54, 1.807) is 39.7 Å². The summed E-state index contributed by atoms with van der Waals surface area (Å²) in [6.07, 6.45) is 1.27. The summed E-state index contributed by atoms with van der Waals surface area (Å²) in [6.45, 7) is 16.0. The lowest BCUT2D eigenvalue weighted by Gasteiger charge is -2.35. The highest BCUT2D eigenvalue weighted by Gasteiger charge is 2.42. The van der Waals surface area contributed by atoms with Crippen LogP contribution >= 0.6 is 38.6 Å². The summed E-state index contributed by atoms with van der Waals surface area (Å²) in [5, 5.41) is 17.1. The lowest BCUT2D eigenvalue weighted by molar-refractivity contribution is -0.144. The number of phenolic OH excluding ortho intramolecular Hbond substituents is 1. The Bertz CT molecular complexity index is 2700. The maximum atomic E-state index is 14.1. The second-order valence-electron chi connectivity index (χ2n) is 18.8. The minimum Gasteiger partial charge on any atom is -0.508 e. The summed E-state index contributed by atoms with van der Waals surface area (Å²) in [7, 11) is 0. The highest BCUT2D eigenvalue weighted by molar-refractivity contribution is 9.10. The number of amides is 3. The predicted octanol–water partition coefficient (Wildman–Crippen LogP) is 9.67. The maximum absolute atomic E-state index is 14.1. The molecule has 2 aliphatic heterocycles. The Morgan fingerprint density at radius 2 is 1.49 bits per heavy atom. The standard InChI is InChI=1S/C53H61BrN6O7S2/c1-34(36-8-10-37(11-9-36)48-35(2)55-33-68-48)56-51(63)44-7-6-22-60(44)52(64)50(53(3,4)5)57-46(62)32-65-29-27-58-23-25-59(26-24-58)28-30-66-41-17-19-42(20-18-41)67-47-43-21-16-40(61)31-45(43)69-49(47)38-12-14-39(54)15-13-38/h8-21,31,33-34,44,50,61H,6-7,22-30,32H2,1-5H3,(H,56,63)(H,57,62)/t34-,44-,50+/m0/s1. The molecule has 0 saturated carbocycles. The molecule has 13 nitrogen and oxygen atoms in total. The van der Waals surface area contributed by atoms with Gasteiger partial charge in [-0.25, -0.2) is 4.98 Å². The quantitative estimate of drug-likeness (QED) is 0.0712. The van der Waals surface area contributed by atoms with E-state index in [9.17, 15) is 19.5 Å². The molecule has 2 saturated heterocycles. The van der Waals surface area contributed by atoms with Crippen LogP contribution in [0.5, 0.6) is 23.0 Å². The molecule has 2 aliphatic rings. The molecule has 4 aromatic carbocycles. The van der Waals surface area contributed by atoms with Crippen LogP contribution in [0.2, 0.25) is 0 Å². The number of thiazole rings is 1. The minimum absolute atomic E-state index is 0.156. The second kappa shape index (κ2) is 22.6. The van der Waals surface area contributed by atoms with Gasteiger partial charge in [0, 0.05) is 60.4 Å². The number of nitrogens with zero attached hydrogens (tertiary/aromatic N) is 4. The van der Waals surface area contributed by atoms with Crippen molar-refractivity contribution in [2.75, 3.05) is 65.6 Å². The number of nitrogens with one attached hydrogen (secondary N) is 2. The van der Waals surface area contributed by atoms with E-state index in [1.165, 1.54) is 0 Å². The van der Waals surface area contributed by atoms with Gasteiger partial charge in [0.15, 0.2) is 5.75 Å². The summed E-state index contributed by atoms with van der Waals surface area (Å²) in [4.78, 5) is 53.8. The third-order valence-corrected chi connectivity index (χ3v) is 15.4. The zero-order chi connectivity index (χ0) is 48.7. The van der Waals surface area contributed by atoms with E-state index < -0.39 is 17.5 Å². The van der Waals surface area contributed by atoms with Crippen molar-refractivity contribution < 1.29 is 33.7 Å². The fourth-order valence-electron chi connectivity index (χ4n) is 8.78. The molecule has 364 valence electrons. The third kappa shape index (κ3) is 12.7. The van der Waals surface area contributed by atoms with Crippen LogP contribution in [0.25, 0.3) is 31.0 Å². The molecule has 0 radical (unpaired) electrons. The van der Waals surface area contributed by atoms with E-state index in [1.807, 2.05) is 107 Å². The van der Waals surface area contributed by atoms with E-state index in [-0.39, 0.29) is 36.1 Å². The SMILES string of the molecule is Cc1ncsc1-c1ccc([C@H](C)NC(=O)[C@@H]2CCCN2C(=O)[C@@H](NC(=O)COCCN2CCN(CCOc3ccc(Oc4c(-c5ccc(Br)cc5)sc5cc(O)ccc45)cc3)CC2)C(C)(C)C)cc1. The van der Waals surface area contributed by atoms with Gasteiger partial charge in [-0.3, -0.25) is 24.2 Å². The molecule has 0 unspecified atom stereocenters. The number of piperazine rings is 1. The number of aromatic nitrogens is 1. The molecule has 0 spiro atoms. The molecular formula is C53H61BrN6O7S2. The van der Waals surface area contributed by atoms with Crippen LogP contribution in [0, 0.1) is 12.3 Å². The summed E-state index contributed by atoms with van der Waals surface area (Å²) in [6, 6.07) is 27.6. The molecule has 69 heavy (non-hydrogen) atoms. The second-order valence-corrected chi connectivity index (χ2v) is 21.6. The normalized spacial score (nSPS) is 16.6. The number of phenols is 1. The van der Waals surface area contributed by atoms with Crippen molar-refractivity contribution in [3.63, 3.8) is 0 Å². The number of hydrogen-bond donors (Lipinski definition) is 3. The van der Waals surface area contributed by atoms with Crippen molar-refractivity contribution in [3.05, 3.63) is 112 Å². The summed E-state index contributed by atoms with van der Waals surface area (Å²) >= 11 is 6.71. The number of aromatic hydroxyl groups is 1. The Morgan fingerprint density at radius 3 is 2.16 bits per heavy atom. The van der Waals surface area contributed by atoms with Gasteiger partial charge < -0.3 is 34.9 Å². The first-order chi connectivity index (χ1) is 33.2. The molecule has 4 heterocycles. The number of rotatable bonds is 18. The van der Waals surface area contributed by atoms with Crippen LogP contribution in [0.1, 0.15) is 57.8 Å². The van der Waals surface area contributed by atoms with Gasteiger partial charge in [-0.15, -0.1) is 22.7 Å². The number of carbonyl (C=O) groups excluding carboxylic acids is 3. The summed E-state index contributed by atoms with van der Waals surface area (Å²) in [5.41, 5.74) is 5.34. The molecule has 3 amide bonds. The molecule has 0 aliphatic carbocycles. The van der Waals surface area contributed by atoms with Crippen molar-refractivity contribution in [1.82, 2.24) is 30.3 Å². The first kappa shape index (κ1) is 50.0. The first-order valence-electron chi connectivity index (χ1n) is 23.6. The zero-order valence-corrected chi connectivity index (χ0v) is 43.1. The highest BCUT2D eigenvalue weighted by Crippen LogP contribution is 2.47. The lowest BCUT2D eigenvalue weighted by atomic mass is 9.85. The maximum Gasteiger partial charge on any atom is 0.246 e. The van der Waals surface area contributed by atoms with E-state index in [0.717, 1.165) is 90.9 Å². The molecule has 16 heteroatoms. The Hall–Kier alpha value is -5.36. The van der Waals surface area contributed by atoms with E-state index >= 15 is 0 Å². The van der Waals surface area contributed by atoms with Gasteiger partial charge in [0.05, 0.1) is 33.6 Å². The van der Waals surface area contributed by atoms with Crippen LogP contribution in [0.15, 0.2) is 101 Å². The van der Waals surface area contributed by atoms with E-state index in [4.69, 9.17) is 14.2 Å². The number of hydrogen-bond acceptors (Lipinski definition) is 12. The molecule has 8 rings (SSSR count). The Balaban J connectivity index is 0.733. The predicted molar refractivity (Wildman–Crippen MR) is 277 cm³/mol. The van der Waals surface area contributed by atoms with Crippen LogP contribution in [0.3, 0.4) is 0 Å². The van der Waals surface area contributed by atoms with Crippen LogP contribution in [-0.2, 0) is 19.1 Å². The highest BCUT2D eigenvalue weighted by atomic mass is 79.9. The molecule has 3 atom stereocenters. The van der Waals surface area contributed by atoms with Crippen LogP contribution in [-0.4, -0.2) is 120 Å². The molecular weight excluding hydrogens is 977 g/mol. The number of benzene rings is 4. The number of aryl methyl sites for hydroxylation is 1. The van der Waals surface area contributed by atoms with Crippen LogP contribution in [0.4, 0.5) is 0 Å². The van der Waals surface area contributed by atoms with Gasteiger partial charge >= 0.3 is 0 Å². The Labute approximate surface area is 420 Å². The van der Waals surface area contributed by atoms with Crippen LogP contribution < -0.4 is 20.1 Å². The molecule has 0 bridgehead atoms. The van der Waals surface area contributed by atoms with Gasteiger partial charge in [0.2, 0.25) is 17.7 Å². The third-order valence-electron chi connectivity index (χ3n) is 12.7. The van der Waals surface area contributed by atoms with Gasteiger partial charge in [0.1, 0.15) is 42.5 Å². The Morgan fingerprint density at radius 1 is 0.841 bits per heavy atom. The topological polar surface area (TPSA) is 146 Å². The fourth-order valence-corrected chi connectivity index (χ4v) is 11.0. The molecule has 2 fully saturated rings. The largest absolute Gasteiger partial charge is 0.508 e. The zero-order valence-electron chi connectivity index (χ0n) is 39.8. The summed E-state index contributed by atoms with van der Waals surface area (Å²) < 4.78 is 20.4. The van der Waals surface area contributed by atoms with E-state index in [0.29, 0.717) is 44.9 Å². The lowest BCUT2D eigenvalue weighted by Crippen LogP contribution is -2.58.